The van der Waals surface area contributed by atoms with E-state index in [1.54, 1.807) is 26.5 Å². The second-order valence-electron chi connectivity index (χ2n) is 9.00. The van der Waals surface area contributed by atoms with Crippen molar-refractivity contribution < 1.29 is 18.7 Å². The van der Waals surface area contributed by atoms with Gasteiger partial charge < -0.3 is 24.1 Å². The first-order chi connectivity index (χ1) is 18.1. The number of hydrogen-bond donors (Lipinski definition) is 1. The van der Waals surface area contributed by atoms with Crippen molar-refractivity contribution >= 4 is 39.2 Å². The number of benzene rings is 2. The molecule has 0 saturated carbocycles. The normalized spacial score (nSPS) is 14.0. The summed E-state index contributed by atoms with van der Waals surface area (Å²) in [6.45, 7) is 6.35. The molecule has 9 heteroatoms. The van der Waals surface area contributed by atoms with E-state index in [-0.39, 0.29) is 5.91 Å². The van der Waals surface area contributed by atoms with Crippen LogP contribution in [-0.4, -0.2) is 67.1 Å². The topological polar surface area (TPSA) is 104 Å². The number of ether oxygens (including phenoxy) is 2. The molecule has 37 heavy (non-hydrogen) atoms. The van der Waals surface area contributed by atoms with E-state index >= 15 is 0 Å². The fourth-order valence-electron chi connectivity index (χ4n) is 4.67. The van der Waals surface area contributed by atoms with Gasteiger partial charge in [0.2, 0.25) is 5.91 Å². The van der Waals surface area contributed by atoms with Crippen molar-refractivity contribution in [1.29, 1.82) is 5.26 Å². The zero-order chi connectivity index (χ0) is 25.8. The van der Waals surface area contributed by atoms with Crippen molar-refractivity contribution in [3.8, 4) is 17.6 Å². The maximum Gasteiger partial charge on any atom is 0.219 e. The summed E-state index contributed by atoms with van der Waals surface area (Å²) in [5, 5.41) is 14.9. The van der Waals surface area contributed by atoms with Crippen LogP contribution in [0.4, 0.5) is 11.4 Å². The first-order valence-electron chi connectivity index (χ1n) is 12.3. The van der Waals surface area contributed by atoms with Gasteiger partial charge in [-0.05, 0) is 24.6 Å². The van der Waals surface area contributed by atoms with Gasteiger partial charge in [-0.1, -0.05) is 12.1 Å². The molecule has 0 atom stereocenters. The standard InChI is InChI=1S/C28H29N5O4/c1-19(34)33-11-9-32(10-12-33)8-4-13-36-26-16-24-22(15-25(26)35-2)27(21(17-29)18-30-24)31-23-6-3-5-20-7-14-37-28(20)23/h3,5-7,14-16,18H,4,8-13H2,1-2H3,(H,30,31). The highest BCUT2D eigenvalue weighted by Crippen LogP contribution is 2.38. The molecule has 1 N–H and O–H groups in total. The lowest BCUT2D eigenvalue weighted by atomic mass is 10.1. The number of piperazine rings is 1. The molecule has 3 heterocycles. The Morgan fingerprint density at radius 2 is 2.03 bits per heavy atom. The Morgan fingerprint density at radius 1 is 1.19 bits per heavy atom. The van der Waals surface area contributed by atoms with Gasteiger partial charge >= 0.3 is 0 Å². The Kier molecular flexibility index (Phi) is 7.10. The number of carbonyl (C=O) groups is 1. The van der Waals surface area contributed by atoms with E-state index in [1.807, 2.05) is 41.3 Å². The lowest BCUT2D eigenvalue weighted by molar-refractivity contribution is -0.130. The third-order valence-electron chi connectivity index (χ3n) is 6.71. The van der Waals surface area contributed by atoms with Crippen LogP contribution in [0.1, 0.15) is 18.9 Å². The summed E-state index contributed by atoms with van der Waals surface area (Å²) in [5.74, 6) is 1.31. The second kappa shape index (κ2) is 10.8. The van der Waals surface area contributed by atoms with Gasteiger partial charge in [0.15, 0.2) is 17.1 Å². The SMILES string of the molecule is COc1cc2c(Nc3cccc4ccoc34)c(C#N)cnc2cc1OCCCN1CCN(C(C)=O)CC1. The molecule has 2 aromatic carbocycles. The van der Waals surface area contributed by atoms with Crippen LogP contribution in [0.3, 0.4) is 0 Å². The van der Waals surface area contributed by atoms with Crippen molar-refractivity contribution in [2.24, 2.45) is 0 Å². The number of fused-ring (bicyclic) bond motifs is 2. The molecule has 1 amide bonds. The van der Waals surface area contributed by atoms with E-state index in [0.717, 1.165) is 55.6 Å². The molecule has 1 aliphatic heterocycles. The van der Waals surface area contributed by atoms with Crippen LogP contribution in [0.25, 0.3) is 21.9 Å². The lowest BCUT2D eigenvalue weighted by Gasteiger charge is -2.34. The monoisotopic (exact) mass is 499 g/mol. The number of nitrogens with one attached hydrogen (secondary N) is 1. The first kappa shape index (κ1) is 24.4. The fourth-order valence-corrected chi connectivity index (χ4v) is 4.67. The van der Waals surface area contributed by atoms with Crippen molar-refractivity contribution in [2.45, 2.75) is 13.3 Å². The van der Waals surface area contributed by atoms with E-state index in [4.69, 9.17) is 13.9 Å². The van der Waals surface area contributed by atoms with E-state index in [1.165, 1.54) is 0 Å². The average Bonchev–Trinajstić information content (AvgIpc) is 3.41. The summed E-state index contributed by atoms with van der Waals surface area (Å²) in [5.41, 5.74) is 3.20. The van der Waals surface area contributed by atoms with Crippen LogP contribution >= 0.6 is 0 Å². The molecule has 1 fully saturated rings. The van der Waals surface area contributed by atoms with Crippen LogP contribution in [0.2, 0.25) is 0 Å². The van der Waals surface area contributed by atoms with Gasteiger partial charge in [-0.15, -0.1) is 0 Å². The van der Waals surface area contributed by atoms with Gasteiger partial charge in [0, 0.05) is 62.7 Å². The van der Waals surface area contributed by atoms with Crippen LogP contribution in [0, 0.1) is 11.3 Å². The third kappa shape index (κ3) is 5.15. The predicted octanol–water partition coefficient (Wildman–Crippen LogP) is 4.54. The molecular weight excluding hydrogens is 470 g/mol. The van der Waals surface area contributed by atoms with Crippen molar-refractivity contribution in [3.63, 3.8) is 0 Å². The minimum Gasteiger partial charge on any atom is -0.493 e. The van der Waals surface area contributed by atoms with E-state index in [0.29, 0.717) is 40.5 Å². The Hall–Kier alpha value is -4.29. The molecule has 0 spiro atoms. The Morgan fingerprint density at radius 3 is 2.78 bits per heavy atom. The predicted molar refractivity (Wildman–Crippen MR) is 141 cm³/mol. The lowest BCUT2D eigenvalue weighted by Crippen LogP contribution is -2.48. The van der Waals surface area contributed by atoms with E-state index in [9.17, 15) is 10.1 Å². The van der Waals surface area contributed by atoms with Gasteiger partial charge in [-0.25, -0.2) is 0 Å². The number of rotatable bonds is 8. The van der Waals surface area contributed by atoms with Gasteiger partial charge in [0.25, 0.3) is 0 Å². The molecule has 5 rings (SSSR count). The minimum atomic E-state index is 0.137. The molecule has 0 aliphatic carbocycles. The maximum atomic E-state index is 11.5. The van der Waals surface area contributed by atoms with Crippen LogP contribution in [0.15, 0.2) is 53.3 Å². The molecule has 9 nitrogen and oxygen atoms in total. The summed E-state index contributed by atoms with van der Waals surface area (Å²) in [6, 6.07) is 13.6. The summed E-state index contributed by atoms with van der Waals surface area (Å²) in [7, 11) is 1.60. The Balaban J connectivity index is 1.33. The number of methoxy groups -OCH3 is 1. The molecule has 1 aliphatic rings. The number of aromatic nitrogens is 1. The Bertz CT molecular complexity index is 1470. The van der Waals surface area contributed by atoms with E-state index < -0.39 is 0 Å². The van der Waals surface area contributed by atoms with Crippen molar-refractivity contribution in [1.82, 2.24) is 14.8 Å². The molecular formula is C28H29N5O4. The third-order valence-corrected chi connectivity index (χ3v) is 6.71. The molecule has 190 valence electrons. The fraction of sp³-hybridized carbons (Fsp3) is 0.321. The van der Waals surface area contributed by atoms with Crippen molar-refractivity contribution in [2.75, 3.05) is 51.8 Å². The number of amides is 1. The number of hydrogen-bond acceptors (Lipinski definition) is 8. The molecule has 1 saturated heterocycles. The smallest absolute Gasteiger partial charge is 0.219 e. The molecule has 4 aromatic rings. The number of furan rings is 1. The number of anilines is 2. The van der Waals surface area contributed by atoms with Gasteiger partial charge in [-0.2, -0.15) is 5.26 Å². The molecule has 0 unspecified atom stereocenters. The summed E-state index contributed by atoms with van der Waals surface area (Å²) in [6.07, 6.45) is 4.05. The highest BCUT2D eigenvalue weighted by Gasteiger charge is 2.19. The molecule has 0 radical (unpaired) electrons. The highest BCUT2D eigenvalue weighted by molar-refractivity contribution is 6.00. The van der Waals surface area contributed by atoms with Gasteiger partial charge in [0.05, 0.1) is 42.4 Å². The summed E-state index contributed by atoms with van der Waals surface area (Å²) >= 11 is 0. The maximum absolute atomic E-state index is 11.5. The van der Waals surface area contributed by atoms with Crippen LogP contribution in [-0.2, 0) is 4.79 Å². The van der Waals surface area contributed by atoms with Crippen molar-refractivity contribution in [3.05, 3.63) is 54.4 Å². The van der Waals surface area contributed by atoms with E-state index in [2.05, 4.69) is 21.3 Å². The van der Waals surface area contributed by atoms with Crippen LogP contribution in [0.5, 0.6) is 11.5 Å². The highest BCUT2D eigenvalue weighted by atomic mass is 16.5. The zero-order valence-corrected chi connectivity index (χ0v) is 21.0. The number of pyridine rings is 1. The second-order valence-corrected chi connectivity index (χ2v) is 9.00. The number of nitrogens with zero attached hydrogens (tertiary/aromatic N) is 4. The quantitative estimate of drug-likeness (QED) is 0.353. The molecule has 0 bridgehead atoms. The number of carbonyl (C=O) groups excluding carboxylic acids is 1. The zero-order valence-electron chi connectivity index (χ0n) is 21.0. The number of nitriles is 1. The first-order valence-corrected chi connectivity index (χ1v) is 12.3. The molecule has 2 aromatic heterocycles. The minimum absolute atomic E-state index is 0.137. The van der Waals surface area contributed by atoms with Gasteiger partial charge in [0.1, 0.15) is 6.07 Å². The summed E-state index contributed by atoms with van der Waals surface area (Å²) < 4.78 is 17.4. The van der Waals surface area contributed by atoms with Crippen LogP contribution < -0.4 is 14.8 Å². The Labute approximate surface area is 215 Å². The summed E-state index contributed by atoms with van der Waals surface area (Å²) in [4.78, 5) is 20.3. The van der Waals surface area contributed by atoms with Gasteiger partial charge in [-0.3, -0.25) is 14.7 Å². The largest absolute Gasteiger partial charge is 0.493 e. The average molecular weight is 500 g/mol. The number of para-hydroxylation sites is 1.